The molecule has 3 N–H and O–H groups in total. The van der Waals surface area contributed by atoms with E-state index < -0.39 is 35.5 Å². The number of epoxide rings is 1. The first-order chi connectivity index (χ1) is 18.0. The molecule has 2 aliphatic heterocycles. The van der Waals surface area contributed by atoms with Gasteiger partial charge in [0.25, 0.3) is 0 Å². The molecule has 1 aromatic rings. The van der Waals surface area contributed by atoms with Gasteiger partial charge in [-0.05, 0) is 50.5 Å². The Kier molecular flexibility index (Phi) is 10.0. The lowest BCUT2D eigenvalue weighted by Gasteiger charge is -2.28. The lowest BCUT2D eigenvalue weighted by Crippen LogP contribution is -2.57. The van der Waals surface area contributed by atoms with Crippen LogP contribution in [0.3, 0.4) is 0 Å². The maximum atomic E-state index is 13.5. The topological polar surface area (TPSA) is 137 Å². The molecule has 4 atom stereocenters. The molecule has 2 heterocycles. The molecule has 0 spiro atoms. The average molecular weight is 529 g/mol. The lowest BCUT2D eigenvalue weighted by atomic mass is 9.93. The Bertz CT molecular complexity index is 1020. The van der Waals surface area contributed by atoms with Crippen LogP contribution in [0.25, 0.3) is 0 Å². The van der Waals surface area contributed by atoms with Crippen molar-refractivity contribution in [3.05, 3.63) is 35.9 Å². The van der Waals surface area contributed by atoms with Gasteiger partial charge in [0, 0.05) is 13.5 Å². The predicted molar refractivity (Wildman–Crippen MR) is 141 cm³/mol. The zero-order valence-electron chi connectivity index (χ0n) is 22.7. The highest BCUT2D eigenvalue weighted by Gasteiger charge is 2.50. The molecule has 4 amide bonds. The highest BCUT2D eigenvalue weighted by atomic mass is 16.6. The van der Waals surface area contributed by atoms with Crippen LogP contribution in [0, 0.1) is 5.92 Å². The predicted octanol–water partition coefficient (Wildman–Crippen LogP) is 1.12. The minimum atomic E-state index is -0.897. The summed E-state index contributed by atoms with van der Waals surface area (Å²) in [6, 6.07) is 7.28. The van der Waals surface area contributed by atoms with Crippen LogP contribution in [0.15, 0.2) is 30.3 Å². The van der Waals surface area contributed by atoms with Gasteiger partial charge in [-0.15, -0.1) is 0 Å². The smallest absolute Gasteiger partial charge is 0.243 e. The van der Waals surface area contributed by atoms with Crippen molar-refractivity contribution in [3.8, 4) is 0 Å². The Hall–Kier alpha value is -3.27. The third-order valence-electron chi connectivity index (χ3n) is 7.00. The molecule has 38 heavy (non-hydrogen) atoms. The van der Waals surface area contributed by atoms with Gasteiger partial charge < -0.3 is 25.6 Å². The average Bonchev–Trinajstić information content (AvgIpc) is 3.43. The first-order valence-electron chi connectivity index (χ1n) is 13.4. The summed E-state index contributed by atoms with van der Waals surface area (Å²) >= 11 is 0. The van der Waals surface area contributed by atoms with Crippen LogP contribution in [-0.4, -0.2) is 77.7 Å². The number of hydrogen-bond donors (Lipinski definition) is 3. The van der Waals surface area contributed by atoms with E-state index >= 15 is 0 Å². The summed E-state index contributed by atoms with van der Waals surface area (Å²) in [5, 5.41) is 8.21. The first kappa shape index (κ1) is 29.3. The van der Waals surface area contributed by atoms with Crippen molar-refractivity contribution in [2.24, 2.45) is 5.92 Å². The molecule has 0 aliphatic carbocycles. The highest BCUT2D eigenvalue weighted by molar-refractivity contribution is 5.98. The summed E-state index contributed by atoms with van der Waals surface area (Å²) in [7, 11) is 0. The van der Waals surface area contributed by atoms with Crippen molar-refractivity contribution in [1.82, 2.24) is 20.9 Å². The number of carbonyl (C=O) groups excluding carboxylic acids is 5. The largest absolute Gasteiger partial charge is 0.361 e. The standard InChI is InChI=1S/C28H40N4O6/c1-18(2)15-22(25(35)28(4)17-38-28)31-26(36)21(13-12-20-9-6-5-7-10-20)30-27(37)23-11-8-14-32(23)24(34)16-29-19(3)33/h5-7,9-10,18,21-23H,8,11-17H2,1-4H3,(H,29,33)(H,30,37)(H,31,36)/t21-,22?,23-,28+/m0/s1. The quantitative estimate of drug-likeness (QED) is 0.328. The molecule has 0 saturated carbocycles. The van der Waals surface area contributed by atoms with Crippen LogP contribution < -0.4 is 16.0 Å². The van der Waals surface area contributed by atoms with E-state index in [1.54, 1.807) is 6.92 Å². The maximum absolute atomic E-state index is 13.5. The molecule has 0 bridgehead atoms. The van der Waals surface area contributed by atoms with Gasteiger partial charge in [-0.1, -0.05) is 44.2 Å². The second kappa shape index (κ2) is 13.0. The van der Waals surface area contributed by atoms with Gasteiger partial charge in [0.1, 0.15) is 17.7 Å². The normalized spacial score (nSPS) is 21.9. The van der Waals surface area contributed by atoms with Gasteiger partial charge in [-0.25, -0.2) is 0 Å². The van der Waals surface area contributed by atoms with E-state index in [2.05, 4.69) is 16.0 Å². The number of Topliss-reactive ketones (excluding diaryl/α,β-unsaturated/α-hetero) is 1. The molecule has 0 aromatic heterocycles. The fourth-order valence-corrected chi connectivity index (χ4v) is 4.73. The second-order valence-corrected chi connectivity index (χ2v) is 10.8. The van der Waals surface area contributed by atoms with Crippen LogP contribution in [-0.2, 0) is 35.1 Å². The Balaban J connectivity index is 1.73. The van der Waals surface area contributed by atoms with E-state index in [-0.39, 0.29) is 30.1 Å². The summed E-state index contributed by atoms with van der Waals surface area (Å²) in [4.78, 5) is 65.2. The van der Waals surface area contributed by atoms with Gasteiger partial charge in [0.05, 0.1) is 19.2 Å². The van der Waals surface area contributed by atoms with Gasteiger partial charge in [-0.3, -0.25) is 24.0 Å². The number of aryl methyl sites for hydroxylation is 1. The van der Waals surface area contributed by atoms with Crippen molar-refractivity contribution < 1.29 is 28.7 Å². The number of ether oxygens (including phenoxy) is 1. The minimum Gasteiger partial charge on any atom is -0.361 e. The van der Waals surface area contributed by atoms with Crippen LogP contribution in [0.2, 0.25) is 0 Å². The molecular weight excluding hydrogens is 488 g/mol. The number of benzene rings is 1. The van der Waals surface area contributed by atoms with Crippen molar-refractivity contribution in [2.75, 3.05) is 19.7 Å². The van der Waals surface area contributed by atoms with Crippen LogP contribution in [0.4, 0.5) is 0 Å². The zero-order valence-corrected chi connectivity index (χ0v) is 22.7. The van der Waals surface area contributed by atoms with E-state index in [9.17, 15) is 24.0 Å². The third-order valence-corrected chi connectivity index (χ3v) is 7.00. The van der Waals surface area contributed by atoms with Crippen molar-refractivity contribution >= 4 is 29.4 Å². The van der Waals surface area contributed by atoms with Crippen molar-refractivity contribution in [1.29, 1.82) is 0 Å². The Labute approximate surface area is 224 Å². The van der Waals surface area contributed by atoms with Gasteiger partial charge in [-0.2, -0.15) is 0 Å². The van der Waals surface area contributed by atoms with Crippen LogP contribution in [0.5, 0.6) is 0 Å². The summed E-state index contributed by atoms with van der Waals surface area (Å²) in [6.45, 7) is 7.54. The van der Waals surface area contributed by atoms with E-state index in [1.165, 1.54) is 11.8 Å². The molecular formula is C28H40N4O6. The van der Waals surface area contributed by atoms with Crippen LogP contribution in [0.1, 0.15) is 58.9 Å². The molecule has 2 saturated heterocycles. The molecule has 10 nitrogen and oxygen atoms in total. The number of nitrogens with one attached hydrogen (secondary N) is 3. The molecule has 208 valence electrons. The minimum absolute atomic E-state index is 0.158. The zero-order chi connectivity index (χ0) is 27.9. The van der Waals surface area contributed by atoms with E-state index in [0.717, 1.165) is 5.56 Å². The molecule has 2 aliphatic rings. The van der Waals surface area contributed by atoms with Crippen LogP contribution >= 0.6 is 0 Å². The molecule has 3 rings (SSSR count). The maximum Gasteiger partial charge on any atom is 0.243 e. The SMILES string of the molecule is CC(=O)NCC(=O)N1CCC[C@H]1C(=O)N[C@@H](CCc1ccccc1)C(=O)NC(CC(C)C)C(=O)[C@@]1(C)CO1. The summed E-state index contributed by atoms with van der Waals surface area (Å²) in [5.74, 6) is -1.54. The van der Waals surface area contributed by atoms with Crippen molar-refractivity contribution in [3.63, 3.8) is 0 Å². The van der Waals surface area contributed by atoms with Gasteiger partial charge in [0.15, 0.2) is 5.78 Å². The Morgan fingerprint density at radius 1 is 1.08 bits per heavy atom. The molecule has 10 heteroatoms. The van der Waals surface area contributed by atoms with Gasteiger partial charge >= 0.3 is 0 Å². The summed E-state index contributed by atoms with van der Waals surface area (Å²) in [6.07, 6.45) is 2.43. The van der Waals surface area contributed by atoms with E-state index in [1.807, 2.05) is 44.2 Å². The highest BCUT2D eigenvalue weighted by Crippen LogP contribution is 2.29. The third kappa shape index (κ3) is 8.11. The van der Waals surface area contributed by atoms with E-state index in [0.29, 0.717) is 45.3 Å². The Morgan fingerprint density at radius 3 is 2.37 bits per heavy atom. The summed E-state index contributed by atoms with van der Waals surface area (Å²) < 4.78 is 5.33. The number of rotatable bonds is 13. The van der Waals surface area contributed by atoms with Gasteiger partial charge in [0.2, 0.25) is 23.6 Å². The number of amides is 4. The monoisotopic (exact) mass is 528 g/mol. The number of carbonyl (C=O) groups is 5. The summed E-state index contributed by atoms with van der Waals surface area (Å²) in [5.41, 5.74) is 0.134. The second-order valence-electron chi connectivity index (χ2n) is 10.8. The fourth-order valence-electron chi connectivity index (χ4n) is 4.73. The molecule has 1 aromatic carbocycles. The lowest BCUT2D eigenvalue weighted by molar-refractivity contribution is -0.140. The first-order valence-corrected chi connectivity index (χ1v) is 13.4. The molecule has 2 fully saturated rings. The number of nitrogens with zero attached hydrogens (tertiary/aromatic N) is 1. The van der Waals surface area contributed by atoms with E-state index in [4.69, 9.17) is 4.74 Å². The number of hydrogen-bond acceptors (Lipinski definition) is 6. The van der Waals surface area contributed by atoms with Crippen molar-refractivity contribution in [2.45, 2.75) is 83.5 Å². The number of likely N-dealkylation sites (tertiary alicyclic amines) is 1. The fraction of sp³-hybridized carbons (Fsp3) is 0.607. The number of ketones is 1. The molecule has 0 radical (unpaired) electrons. The Morgan fingerprint density at radius 2 is 1.76 bits per heavy atom. The molecule has 1 unspecified atom stereocenters.